The van der Waals surface area contributed by atoms with Crippen molar-refractivity contribution in [2.45, 2.75) is 70.6 Å². The van der Waals surface area contributed by atoms with E-state index < -0.39 is 0 Å². The molecule has 1 heteroatoms. The van der Waals surface area contributed by atoms with Crippen LogP contribution in [-0.4, -0.2) is 0 Å². The van der Waals surface area contributed by atoms with Gasteiger partial charge >= 0.3 is 0 Å². The number of nitrogens with zero attached hydrogens (tertiary/aromatic N) is 1. The standard InChI is InChI=1S/C47H45N/c1-30(2)37-12-7-8-15-41(37)46-38-13-6-5-11-32(38)21-26-45(46)48(35-22-19-33(20-23-35)42-28-31-17-18-34(42)27-31)36-24-25-40-39-14-9-10-16-43(39)47(3,4)44(40)29-36/h5-16,19-26,29-31,34,42H,17-18,27-28H2,1-4H3. The van der Waals surface area contributed by atoms with Crippen LogP contribution < -0.4 is 4.90 Å². The quantitative estimate of drug-likeness (QED) is 0.178. The van der Waals surface area contributed by atoms with Gasteiger partial charge in [0.15, 0.2) is 0 Å². The Hall–Kier alpha value is -4.62. The Balaban J connectivity index is 1.27. The molecule has 9 rings (SSSR count). The van der Waals surface area contributed by atoms with Crippen molar-refractivity contribution in [2.75, 3.05) is 4.90 Å². The first-order chi connectivity index (χ1) is 23.4. The first kappa shape index (κ1) is 29.5. The maximum absolute atomic E-state index is 2.54. The molecule has 3 atom stereocenters. The van der Waals surface area contributed by atoms with E-state index in [1.807, 2.05) is 0 Å². The number of rotatable bonds is 6. The second-order valence-corrected chi connectivity index (χ2v) is 15.5. The minimum atomic E-state index is -0.0737. The van der Waals surface area contributed by atoms with Crippen molar-refractivity contribution in [1.82, 2.24) is 0 Å². The van der Waals surface area contributed by atoms with Crippen LogP contribution in [0.25, 0.3) is 33.0 Å². The first-order valence-corrected chi connectivity index (χ1v) is 18.1. The molecular formula is C47H45N. The number of hydrogen-bond donors (Lipinski definition) is 0. The van der Waals surface area contributed by atoms with Gasteiger partial charge in [0.25, 0.3) is 0 Å². The molecule has 0 amide bonds. The van der Waals surface area contributed by atoms with E-state index in [4.69, 9.17) is 0 Å². The maximum Gasteiger partial charge on any atom is 0.0546 e. The van der Waals surface area contributed by atoms with E-state index >= 15 is 0 Å². The summed E-state index contributed by atoms with van der Waals surface area (Å²) in [6, 6.07) is 48.5. The van der Waals surface area contributed by atoms with Crippen molar-refractivity contribution in [3.63, 3.8) is 0 Å². The van der Waals surface area contributed by atoms with Crippen molar-refractivity contribution < 1.29 is 0 Å². The lowest BCUT2D eigenvalue weighted by Gasteiger charge is -2.31. The van der Waals surface area contributed by atoms with Crippen molar-refractivity contribution in [2.24, 2.45) is 11.8 Å². The van der Waals surface area contributed by atoms with Gasteiger partial charge in [0.2, 0.25) is 0 Å². The molecule has 0 aromatic heterocycles. The van der Waals surface area contributed by atoms with Crippen molar-refractivity contribution >= 4 is 27.8 Å². The molecule has 0 spiro atoms. The van der Waals surface area contributed by atoms with Gasteiger partial charge in [0.1, 0.15) is 0 Å². The number of benzene rings is 6. The van der Waals surface area contributed by atoms with E-state index in [9.17, 15) is 0 Å². The predicted molar refractivity (Wildman–Crippen MR) is 204 cm³/mol. The molecule has 0 saturated heterocycles. The summed E-state index contributed by atoms with van der Waals surface area (Å²) in [6.07, 6.45) is 5.65. The van der Waals surface area contributed by atoms with Crippen molar-refractivity contribution in [1.29, 1.82) is 0 Å². The zero-order chi connectivity index (χ0) is 32.6. The fraction of sp³-hybridized carbons (Fsp3) is 0.277. The molecule has 2 fully saturated rings. The minimum absolute atomic E-state index is 0.0737. The minimum Gasteiger partial charge on any atom is -0.310 e. The van der Waals surface area contributed by atoms with E-state index in [1.54, 1.807) is 0 Å². The second kappa shape index (κ2) is 11.2. The molecular weight excluding hydrogens is 579 g/mol. The van der Waals surface area contributed by atoms with E-state index in [1.165, 1.54) is 98.0 Å². The lowest BCUT2D eigenvalue weighted by molar-refractivity contribution is 0.420. The molecule has 6 aromatic carbocycles. The van der Waals surface area contributed by atoms with Gasteiger partial charge in [0, 0.05) is 22.4 Å². The van der Waals surface area contributed by atoms with E-state index in [0.29, 0.717) is 5.92 Å². The van der Waals surface area contributed by atoms with Crippen LogP contribution in [0, 0.1) is 11.8 Å². The molecule has 6 aromatic rings. The van der Waals surface area contributed by atoms with Gasteiger partial charge in [-0.05, 0) is 123 Å². The summed E-state index contributed by atoms with van der Waals surface area (Å²) in [5, 5.41) is 2.56. The molecule has 2 bridgehead atoms. The summed E-state index contributed by atoms with van der Waals surface area (Å²) in [5.41, 5.74) is 14.6. The highest BCUT2D eigenvalue weighted by molar-refractivity contribution is 6.06. The Morgan fingerprint density at radius 2 is 1.33 bits per heavy atom. The second-order valence-electron chi connectivity index (χ2n) is 15.5. The summed E-state index contributed by atoms with van der Waals surface area (Å²) >= 11 is 0. The van der Waals surface area contributed by atoms with Gasteiger partial charge in [-0.15, -0.1) is 0 Å². The van der Waals surface area contributed by atoms with E-state index in [2.05, 4.69) is 160 Å². The fourth-order valence-corrected chi connectivity index (χ4v) is 9.74. The lowest BCUT2D eigenvalue weighted by atomic mass is 9.82. The summed E-state index contributed by atoms with van der Waals surface area (Å²) in [4.78, 5) is 2.54. The first-order valence-electron chi connectivity index (χ1n) is 18.1. The van der Waals surface area contributed by atoms with Gasteiger partial charge in [-0.3, -0.25) is 0 Å². The molecule has 3 aliphatic rings. The summed E-state index contributed by atoms with van der Waals surface area (Å²) in [5.74, 6) is 2.94. The average Bonchev–Trinajstić information content (AvgIpc) is 3.82. The Morgan fingerprint density at radius 1 is 0.625 bits per heavy atom. The molecule has 0 radical (unpaired) electrons. The SMILES string of the molecule is CC(C)c1ccccc1-c1c(N(c2ccc(C3CC4CCC3C4)cc2)c2ccc3c(c2)C(C)(C)c2ccccc2-3)ccc2ccccc12. The molecule has 238 valence electrons. The molecule has 3 unspecified atom stereocenters. The van der Waals surface area contributed by atoms with Crippen molar-refractivity contribution in [3.8, 4) is 22.3 Å². The summed E-state index contributed by atoms with van der Waals surface area (Å²) in [6.45, 7) is 9.40. The largest absolute Gasteiger partial charge is 0.310 e. The van der Waals surface area contributed by atoms with Crippen molar-refractivity contribution in [3.05, 3.63) is 150 Å². The topological polar surface area (TPSA) is 3.24 Å². The molecule has 0 aliphatic heterocycles. The Labute approximate surface area is 286 Å². The van der Waals surface area contributed by atoms with Crippen LogP contribution in [0.5, 0.6) is 0 Å². The van der Waals surface area contributed by atoms with Crippen LogP contribution >= 0.6 is 0 Å². The highest BCUT2D eigenvalue weighted by Gasteiger charge is 2.40. The van der Waals surface area contributed by atoms with Crippen LogP contribution in [0.2, 0.25) is 0 Å². The normalized spacial score (nSPS) is 20.3. The zero-order valence-corrected chi connectivity index (χ0v) is 28.7. The number of hydrogen-bond acceptors (Lipinski definition) is 1. The Kier molecular flexibility index (Phi) is 6.91. The molecule has 0 heterocycles. The van der Waals surface area contributed by atoms with Gasteiger partial charge in [-0.25, -0.2) is 0 Å². The molecule has 48 heavy (non-hydrogen) atoms. The van der Waals surface area contributed by atoms with Crippen LogP contribution in [0.3, 0.4) is 0 Å². The third-order valence-corrected chi connectivity index (χ3v) is 12.1. The van der Waals surface area contributed by atoms with Crippen LogP contribution in [0.15, 0.2) is 127 Å². The lowest BCUT2D eigenvalue weighted by Crippen LogP contribution is -2.17. The summed E-state index contributed by atoms with van der Waals surface area (Å²) in [7, 11) is 0. The monoisotopic (exact) mass is 623 g/mol. The third kappa shape index (κ3) is 4.58. The fourth-order valence-electron chi connectivity index (χ4n) is 9.74. The van der Waals surface area contributed by atoms with E-state index in [-0.39, 0.29) is 5.41 Å². The molecule has 0 N–H and O–H groups in total. The predicted octanol–water partition coefficient (Wildman–Crippen LogP) is 13.3. The maximum atomic E-state index is 2.54. The average molecular weight is 624 g/mol. The van der Waals surface area contributed by atoms with Crippen LogP contribution in [0.1, 0.15) is 87.5 Å². The summed E-state index contributed by atoms with van der Waals surface area (Å²) < 4.78 is 0. The van der Waals surface area contributed by atoms with E-state index in [0.717, 1.165) is 17.8 Å². The molecule has 3 aliphatic carbocycles. The smallest absolute Gasteiger partial charge is 0.0546 e. The van der Waals surface area contributed by atoms with Gasteiger partial charge in [-0.2, -0.15) is 0 Å². The Morgan fingerprint density at radius 3 is 2.10 bits per heavy atom. The van der Waals surface area contributed by atoms with Crippen LogP contribution in [-0.2, 0) is 5.41 Å². The zero-order valence-electron chi connectivity index (χ0n) is 28.7. The van der Waals surface area contributed by atoms with Gasteiger partial charge < -0.3 is 4.90 Å². The molecule has 1 nitrogen and oxygen atoms in total. The number of anilines is 3. The highest BCUT2D eigenvalue weighted by Crippen LogP contribution is 2.54. The Bertz CT molecular complexity index is 2170. The van der Waals surface area contributed by atoms with Gasteiger partial charge in [-0.1, -0.05) is 131 Å². The highest BCUT2D eigenvalue weighted by atomic mass is 15.1. The van der Waals surface area contributed by atoms with Crippen LogP contribution in [0.4, 0.5) is 17.1 Å². The molecule has 2 saturated carbocycles. The third-order valence-electron chi connectivity index (χ3n) is 12.1. The number of fused-ring (bicyclic) bond motifs is 6. The van der Waals surface area contributed by atoms with Gasteiger partial charge in [0.05, 0.1) is 5.69 Å².